The molecule has 2 aromatic rings. The van der Waals surface area contributed by atoms with Gasteiger partial charge in [0, 0.05) is 24.2 Å². The second-order valence-electron chi connectivity index (χ2n) is 5.60. The van der Waals surface area contributed by atoms with Crippen molar-refractivity contribution in [3.8, 4) is 0 Å². The SMILES string of the molecule is NCC(=O)c1cnc(CC2(c3ccc(F)c(F)c3)CC2)nc1. The van der Waals surface area contributed by atoms with E-state index in [4.69, 9.17) is 5.73 Å². The minimum atomic E-state index is -0.847. The molecule has 3 rings (SSSR count). The second-order valence-corrected chi connectivity index (χ2v) is 5.60. The van der Waals surface area contributed by atoms with E-state index in [2.05, 4.69) is 9.97 Å². The van der Waals surface area contributed by atoms with Gasteiger partial charge in [0.2, 0.25) is 0 Å². The number of carbonyl (C=O) groups excluding carboxylic acids is 1. The van der Waals surface area contributed by atoms with Crippen molar-refractivity contribution in [3.63, 3.8) is 0 Å². The van der Waals surface area contributed by atoms with Crippen LogP contribution in [0.15, 0.2) is 30.6 Å². The van der Waals surface area contributed by atoms with Gasteiger partial charge in [-0.05, 0) is 30.5 Å². The lowest BCUT2D eigenvalue weighted by Crippen LogP contribution is -2.16. The Hall–Kier alpha value is -2.21. The summed E-state index contributed by atoms with van der Waals surface area (Å²) in [7, 11) is 0. The molecule has 1 aromatic heterocycles. The fraction of sp³-hybridized carbons (Fsp3) is 0.312. The molecule has 6 heteroatoms. The number of Topliss-reactive ketones (excluding diaryl/α,β-unsaturated/α-hetero) is 1. The van der Waals surface area contributed by atoms with Crippen LogP contribution in [-0.2, 0) is 11.8 Å². The van der Waals surface area contributed by atoms with Crippen LogP contribution in [0.25, 0.3) is 0 Å². The second kappa shape index (κ2) is 5.53. The first kappa shape index (κ1) is 14.7. The Morgan fingerprint density at radius 1 is 1.18 bits per heavy atom. The standard InChI is InChI=1S/C16H15F2N3O/c17-12-2-1-11(5-13(12)18)16(3-4-16)6-15-20-8-10(9-21-15)14(22)7-19/h1-2,5,8-9H,3-4,6-7,19H2. The van der Waals surface area contributed by atoms with E-state index in [0.29, 0.717) is 17.8 Å². The summed E-state index contributed by atoms with van der Waals surface area (Å²) in [4.78, 5) is 19.8. The molecule has 0 unspecified atom stereocenters. The van der Waals surface area contributed by atoms with Gasteiger partial charge in [-0.15, -0.1) is 0 Å². The fourth-order valence-corrected chi connectivity index (χ4v) is 2.55. The van der Waals surface area contributed by atoms with Crippen LogP contribution in [0.2, 0.25) is 0 Å². The average Bonchev–Trinajstić information content (AvgIpc) is 3.30. The number of nitrogens with zero attached hydrogens (tertiary/aromatic N) is 2. The van der Waals surface area contributed by atoms with Crippen LogP contribution in [0.5, 0.6) is 0 Å². The molecule has 1 heterocycles. The Labute approximate surface area is 126 Å². The summed E-state index contributed by atoms with van der Waals surface area (Å²) < 4.78 is 26.4. The van der Waals surface area contributed by atoms with Crippen molar-refractivity contribution in [3.05, 3.63) is 59.2 Å². The lowest BCUT2D eigenvalue weighted by molar-refractivity contribution is 0.100. The highest BCUT2D eigenvalue weighted by atomic mass is 19.2. The number of hydrogen-bond donors (Lipinski definition) is 1. The molecule has 0 amide bonds. The van der Waals surface area contributed by atoms with E-state index >= 15 is 0 Å². The molecule has 1 aliphatic carbocycles. The number of ketones is 1. The van der Waals surface area contributed by atoms with Gasteiger partial charge in [-0.2, -0.15) is 0 Å². The van der Waals surface area contributed by atoms with Crippen LogP contribution < -0.4 is 5.73 Å². The first-order chi connectivity index (χ1) is 10.5. The number of carbonyl (C=O) groups is 1. The molecule has 0 bridgehead atoms. The van der Waals surface area contributed by atoms with E-state index in [1.54, 1.807) is 6.07 Å². The number of nitrogens with two attached hydrogens (primary N) is 1. The summed E-state index contributed by atoms with van der Waals surface area (Å²) in [5, 5.41) is 0. The van der Waals surface area contributed by atoms with Crippen molar-refractivity contribution >= 4 is 5.78 Å². The van der Waals surface area contributed by atoms with Gasteiger partial charge in [-0.25, -0.2) is 18.7 Å². The lowest BCUT2D eigenvalue weighted by Gasteiger charge is -2.15. The van der Waals surface area contributed by atoms with E-state index < -0.39 is 11.6 Å². The van der Waals surface area contributed by atoms with E-state index in [9.17, 15) is 13.6 Å². The molecule has 1 aliphatic rings. The van der Waals surface area contributed by atoms with Crippen molar-refractivity contribution in [1.82, 2.24) is 9.97 Å². The fourth-order valence-electron chi connectivity index (χ4n) is 2.55. The number of halogens is 2. The van der Waals surface area contributed by atoms with E-state index in [0.717, 1.165) is 24.5 Å². The van der Waals surface area contributed by atoms with Crippen LogP contribution in [-0.4, -0.2) is 22.3 Å². The average molecular weight is 303 g/mol. The van der Waals surface area contributed by atoms with Gasteiger partial charge in [-0.1, -0.05) is 6.07 Å². The highest BCUT2D eigenvalue weighted by Gasteiger charge is 2.45. The third kappa shape index (κ3) is 2.74. The summed E-state index contributed by atoms with van der Waals surface area (Å²) >= 11 is 0. The lowest BCUT2D eigenvalue weighted by atomic mass is 9.92. The Morgan fingerprint density at radius 2 is 1.86 bits per heavy atom. The van der Waals surface area contributed by atoms with Crippen molar-refractivity contribution in [2.45, 2.75) is 24.7 Å². The topological polar surface area (TPSA) is 68.9 Å². The zero-order valence-electron chi connectivity index (χ0n) is 11.9. The summed E-state index contributed by atoms with van der Waals surface area (Å²) in [6.07, 6.45) is 5.21. The number of rotatable bonds is 5. The van der Waals surface area contributed by atoms with Crippen LogP contribution in [0.3, 0.4) is 0 Å². The largest absolute Gasteiger partial charge is 0.324 e. The maximum absolute atomic E-state index is 13.4. The minimum Gasteiger partial charge on any atom is -0.324 e. The summed E-state index contributed by atoms with van der Waals surface area (Å²) in [6.45, 7) is -0.0818. The maximum Gasteiger partial charge on any atom is 0.179 e. The van der Waals surface area contributed by atoms with Gasteiger partial charge in [0.25, 0.3) is 0 Å². The van der Waals surface area contributed by atoms with Crippen LogP contribution in [0.4, 0.5) is 8.78 Å². The van der Waals surface area contributed by atoms with Crippen molar-refractivity contribution < 1.29 is 13.6 Å². The predicted molar refractivity (Wildman–Crippen MR) is 76.4 cm³/mol. The number of hydrogen-bond acceptors (Lipinski definition) is 4. The normalized spacial score (nSPS) is 15.6. The van der Waals surface area contributed by atoms with Gasteiger partial charge >= 0.3 is 0 Å². The molecule has 1 saturated carbocycles. The minimum absolute atomic E-state index is 0.0818. The molecule has 0 saturated heterocycles. The van der Waals surface area contributed by atoms with E-state index in [1.165, 1.54) is 18.5 Å². The molecule has 0 atom stereocenters. The zero-order valence-corrected chi connectivity index (χ0v) is 11.9. The molecule has 2 N–H and O–H groups in total. The van der Waals surface area contributed by atoms with Crippen LogP contribution in [0.1, 0.15) is 34.6 Å². The molecule has 0 radical (unpaired) electrons. The Morgan fingerprint density at radius 3 is 2.41 bits per heavy atom. The Bertz CT molecular complexity index is 712. The first-order valence-electron chi connectivity index (χ1n) is 7.04. The molecule has 114 valence electrons. The van der Waals surface area contributed by atoms with Crippen molar-refractivity contribution in [2.24, 2.45) is 5.73 Å². The highest BCUT2D eigenvalue weighted by molar-refractivity contribution is 5.96. The zero-order chi connectivity index (χ0) is 15.7. The van der Waals surface area contributed by atoms with Crippen molar-refractivity contribution in [2.75, 3.05) is 6.54 Å². The smallest absolute Gasteiger partial charge is 0.179 e. The third-order valence-electron chi connectivity index (χ3n) is 4.09. The predicted octanol–water partition coefficient (Wildman–Crippen LogP) is 2.17. The number of benzene rings is 1. The molecule has 1 aromatic carbocycles. The van der Waals surface area contributed by atoms with E-state index in [1.807, 2.05) is 0 Å². The third-order valence-corrected chi connectivity index (χ3v) is 4.09. The molecular weight excluding hydrogens is 288 g/mol. The summed E-state index contributed by atoms with van der Waals surface area (Å²) in [6, 6.07) is 4.00. The molecular formula is C16H15F2N3O. The molecule has 4 nitrogen and oxygen atoms in total. The summed E-state index contributed by atoms with van der Waals surface area (Å²) in [5.74, 6) is -1.32. The maximum atomic E-state index is 13.4. The van der Waals surface area contributed by atoms with Gasteiger partial charge in [0.15, 0.2) is 17.4 Å². The first-order valence-corrected chi connectivity index (χ1v) is 7.04. The van der Waals surface area contributed by atoms with E-state index in [-0.39, 0.29) is 17.7 Å². The molecule has 22 heavy (non-hydrogen) atoms. The van der Waals surface area contributed by atoms with Gasteiger partial charge < -0.3 is 5.73 Å². The summed E-state index contributed by atoms with van der Waals surface area (Å²) in [5.41, 5.74) is 6.20. The van der Waals surface area contributed by atoms with Gasteiger partial charge in [-0.3, -0.25) is 4.79 Å². The highest BCUT2D eigenvalue weighted by Crippen LogP contribution is 2.50. The van der Waals surface area contributed by atoms with Gasteiger partial charge in [0.1, 0.15) is 5.82 Å². The molecule has 0 aliphatic heterocycles. The van der Waals surface area contributed by atoms with Gasteiger partial charge in [0.05, 0.1) is 12.1 Å². The Balaban J connectivity index is 1.80. The van der Waals surface area contributed by atoms with Crippen molar-refractivity contribution in [1.29, 1.82) is 0 Å². The molecule has 1 fully saturated rings. The molecule has 0 spiro atoms. The Kier molecular flexibility index (Phi) is 3.70. The van der Waals surface area contributed by atoms with Crippen LogP contribution >= 0.6 is 0 Å². The van der Waals surface area contributed by atoms with Crippen LogP contribution in [0, 0.1) is 11.6 Å². The monoisotopic (exact) mass is 303 g/mol. The number of aromatic nitrogens is 2. The quantitative estimate of drug-likeness (QED) is 0.860.